The number of esters is 1. The maximum absolute atomic E-state index is 13.7. The molecule has 1 aromatic rings. The summed E-state index contributed by atoms with van der Waals surface area (Å²) in [6.07, 6.45) is 0. The SMILES string of the molecule is CCOC(=O)C(F)(F)[C@@H](N)c1ccc(C(C)C)cc1. The molecule has 0 heterocycles. The maximum Gasteiger partial charge on any atom is 0.379 e. The van der Waals surface area contributed by atoms with E-state index in [1.54, 1.807) is 12.1 Å². The van der Waals surface area contributed by atoms with Crippen molar-refractivity contribution in [3.05, 3.63) is 35.4 Å². The average molecular weight is 271 g/mol. The minimum Gasteiger partial charge on any atom is -0.462 e. The van der Waals surface area contributed by atoms with E-state index >= 15 is 0 Å². The van der Waals surface area contributed by atoms with Gasteiger partial charge < -0.3 is 10.5 Å². The Morgan fingerprint density at radius 2 is 1.74 bits per heavy atom. The molecule has 0 aliphatic carbocycles. The Kier molecular flexibility index (Phi) is 5.00. The number of carbonyl (C=O) groups excluding carboxylic acids is 1. The molecule has 0 bridgehead atoms. The first-order valence-electron chi connectivity index (χ1n) is 6.21. The number of hydrogen-bond acceptors (Lipinski definition) is 3. The molecule has 0 aromatic heterocycles. The number of hydrogen-bond donors (Lipinski definition) is 1. The van der Waals surface area contributed by atoms with E-state index < -0.39 is 17.9 Å². The zero-order valence-electron chi connectivity index (χ0n) is 11.3. The molecule has 3 nitrogen and oxygen atoms in total. The van der Waals surface area contributed by atoms with Gasteiger partial charge in [0.05, 0.1) is 6.61 Å². The van der Waals surface area contributed by atoms with Crippen LogP contribution in [0, 0.1) is 0 Å². The van der Waals surface area contributed by atoms with E-state index in [1.165, 1.54) is 19.1 Å². The molecular weight excluding hydrogens is 252 g/mol. The highest BCUT2D eigenvalue weighted by Gasteiger charge is 2.47. The van der Waals surface area contributed by atoms with Crippen LogP contribution in [0.3, 0.4) is 0 Å². The third-order valence-electron chi connectivity index (χ3n) is 2.90. The first kappa shape index (κ1) is 15.6. The van der Waals surface area contributed by atoms with Gasteiger partial charge >= 0.3 is 11.9 Å². The summed E-state index contributed by atoms with van der Waals surface area (Å²) in [5.41, 5.74) is 6.71. The lowest BCUT2D eigenvalue weighted by molar-refractivity contribution is -0.174. The van der Waals surface area contributed by atoms with Crippen LogP contribution in [0.5, 0.6) is 0 Å². The standard InChI is InChI=1S/C14H19F2NO2/c1-4-19-13(18)14(15,16)12(17)11-7-5-10(6-8-11)9(2)3/h5-9,12H,4,17H2,1-3H3/t12-/m0/s1. The van der Waals surface area contributed by atoms with Crippen LogP contribution >= 0.6 is 0 Å². The molecule has 0 amide bonds. The second-order valence-corrected chi connectivity index (χ2v) is 4.64. The van der Waals surface area contributed by atoms with Gasteiger partial charge in [-0.3, -0.25) is 0 Å². The Morgan fingerprint density at radius 3 is 2.16 bits per heavy atom. The number of ether oxygens (including phenoxy) is 1. The minimum atomic E-state index is -3.73. The maximum atomic E-state index is 13.7. The van der Waals surface area contributed by atoms with Crippen molar-refractivity contribution in [2.45, 2.75) is 38.7 Å². The Balaban J connectivity index is 2.92. The van der Waals surface area contributed by atoms with E-state index in [4.69, 9.17) is 5.73 Å². The fraction of sp³-hybridized carbons (Fsp3) is 0.500. The molecule has 19 heavy (non-hydrogen) atoms. The molecule has 1 aromatic carbocycles. The molecule has 0 aliphatic heterocycles. The highest BCUT2D eigenvalue weighted by atomic mass is 19.3. The molecule has 0 unspecified atom stereocenters. The van der Waals surface area contributed by atoms with Gasteiger partial charge in [0, 0.05) is 0 Å². The Labute approximate surface area is 111 Å². The summed E-state index contributed by atoms with van der Waals surface area (Å²) < 4.78 is 31.8. The van der Waals surface area contributed by atoms with Crippen LogP contribution in [0.15, 0.2) is 24.3 Å². The summed E-state index contributed by atoms with van der Waals surface area (Å²) >= 11 is 0. The third kappa shape index (κ3) is 3.50. The van der Waals surface area contributed by atoms with Crippen LogP contribution in [0.25, 0.3) is 0 Å². The Morgan fingerprint density at radius 1 is 1.26 bits per heavy atom. The van der Waals surface area contributed by atoms with E-state index in [9.17, 15) is 13.6 Å². The van der Waals surface area contributed by atoms with Crippen LogP contribution in [0.2, 0.25) is 0 Å². The van der Waals surface area contributed by atoms with E-state index in [2.05, 4.69) is 4.74 Å². The molecule has 5 heteroatoms. The minimum absolute atomic E-state index is 0.104. The van der Waals surface area contributed by atoms with Crippen molar-refractivity contribution in [2.75, 3.05) is 6.61 Å². The normalized spacial score (nSPS) is 13.4. The van der Waals surface area contributed by atoms with Gasteiger partial charge in [-0.05, 0) is 24.0 Å². The van der Waals surface area contributed by atoms with Crippen molar-refractivity contribution in [3.63, 3.8) is 0 Å². The number of benzene rings is 1. The summed E-state index contributed by atoms with van der Waals surface area (Å²) in [5, 5.41) is 0. The second kappa shape index (κ2) is 6.10. The summed E-state index contributed by atoms with van der Waals surface area (Å²) in [5.74, 6) is -5.01. The third-order valence-corrected chi connectivity index (χ3v) is 2.90. The molecule has 2 N–H and O–H groups in total. The number of rotatable bonds is 5. The van der Waals surface area contributed by atoms with Gasteiger partial charge in [0.1, 0.15) is 6.04 Å². The number of nitrogens with two attached hydrogens (primary N) is 1. The van der Waals surface area contributed by atoms with Crippen molar-refractivity contribution in [1.29, 1.82) is 0 Å². The van der Waals surface area contributed by atoms with Crippen molar-refractivity contribution in [2.24, 2.45) is 5.73 Å². The molecule has 1 rings (SSSR count). The zero-order valence-corrected chi connectivity index (χ0v) is 11.3. The van der Waals surface area contributed by atoms with Gasteiger partial charge in [-0.1, -0.05) is 38.1 Å². The monoisotopic (exact) mass is 271 g/mol. The first-order valence-corrected chi connectivity index (χ1v) is 6.21. The molecule has 0 spiro atoms. The van der Waals surface area contributed by atoms with Gasteiger partial charge in [-0.25, -0.2) is 4.79 Å². The summed E-state index contributed by atoms with van der Waals surface area (Å²) in [7, 11) is 0. The predicted molar refractivity (Wildman–Crippen MR) is 69.0 cm³/mol. The zero-order chi connectivity index (χ0) is 14.6. The van der Waals surface area contributed by atoms with Crippen LogP contribution in [-0.2, 0) is 9.53 Å². The lowest BCUT2D eigenvalue weighted by atomic mass is 9.96. The lowest BCUT2D eigenvalue weighted by Crippen LogP contribution is -2.41. The summed E-state index contributed by atoms with van der Waals surface area (Å²) in [6.45, 7) is 5.37. The molecule has 0 aliphatic rings. The molecule has 0 saturated heterocycles. The highest BCUT2D eigenvalue weighted by Crippen LogP contribution is 2.31. The van der Waals surface area contributed by atoms with E-state index in [1.807, 2.05) is 13.8 Å². The van der Waals surface area contributed by atoms with Gasteiger partial charge in [-0.15, -0.1) is 0 Å². The Hall–Kier alpha value is -1.49. The van der Waals surface area contributed by atoms with Crippen LogP contribution < -0.4 is 5.73 Å². The van der Waals surface area contributed by atoms with Gasteiger partial charge in [-0.2, -0.15) is 8.78 Å². The van der Waals surface area contributed by atoms with Crippen molar-refractivity contribution < 1.29 is 18.3 Å². The molecule has 1 atom stereocenters. The second-order valence-electron chi connectivity index (χ2n) is 4.64. The smallest absolute Gasteiger partial charge is 0.379 e. The quantitative estimate of drug-likeness (QED) is 0.837. The number of halogens is 2. The van der Waals surface area contributed by atoms with Crippen molar-refractivity contribution in [3.8, 4) is 0 Å². The molecule has 106 valence electrons. The van der Waals surface area contributed by atoms with Gasteiger partial charge in [0.25, 0.3) is 0 Å². The van der Waals surface area contributed by atoms with Crippen LogP contribution in [0.4, 0.5) is 8.78 Å². The van der Waals surface area contributed by atoms with E-state index in [-0.39, 0.29) is 12.2 Å². The van der Waals surface area contributed by atoms with Crippen LogP contribution in [0.1, 0.15) is 43.9 Å². The number of carbonyl (C=O) groups is 1. The largest absolute Gasteiger partial charge is 0.462 e. The predicted octanol–water partition coefficient (Wildman–Crippen LogP) is 3.01. The molecule has 0 fully saturated rings. The van der Waals surface area contributed by atoms with Gasteiger partial charge in [0.2, 0.25) is 0 Å². The summed E-state index contributed by atoms with van der Waals surface area (Å²) in [4.78, 5) is 11.2. The molecular formula is C14H19F2NO2. The fourth-order valence-electron chi connectivity index (χ4n) is 1.65. The van der Waals surface area contributed by atoms with Crippen molar-refractivity contribution >= 4 is 5.97 Å². The van der Waals surface area contributed by atoms with E-state index in [0.29, 0.717) is 5.92 Å². The van der Waals surface area contributed by atoms with Crippen LogP contribution in [-0.4, -0.2) is 18.5 Å². The number of alkyl halides is 2. The first-order chi connectivity index (χ1) is 8.80. The lowest BCUT2D eigenvalue weighted by Gasteiger charge is -2.22. The van der Waals surface area contributed by atoms with Gasteiger partial charge in [0.15, 0.2) is 0 Å². The molecule has 0 saturated carbocycles. The van der Waals surface area contributed by atoms with E-state index in [0.717, 1.165) is 5.56 Å². The average Bonchev–Trinajstić information content (AvgIpc) is 2.38. The molecule has 0 radical (unpaired) electrons. The topological polar surface area (TPSA) is 52.3 Å². The fourth-order valence-corrected chi connectivity index (χ4v) is 1.65. The highest BCUT2D eigenvalue weighted by molar-refractivity contribution is 5.78. The Bertz CT molecular complexity index is 430. The van der Waals surface area contributed by atoms with Crippen molar-refractivity contribution in [1.82, 2.24) is 0 Å². The summed E-state index contributed by atoms with van der Waals surface area (Å²) in [6, 6.07) is 4.82.